The second kappa shape index (κ2) is 7.66. The third-order valence-corrected chi connectivity index (χ3v) is 5.74. The van der Waals surface area contributed by atoms with Crippen molar-refractivity contribution in [3.05, 3.63) is 35.4 Å². The Labute approximate surface area is 145 Å². The highest BCUT2D eigenvalue weighted by molar-refractivity contribution is 5.78. The van der Waals surface area contributed by atoms with E-state index < -0.39 is 0 Å². The third kappa shape index (κ3) is 3.50. The molecule has 1 heterocycles. The highest BCUT2D eigenvalue weighted by atomic mass is 16.3. The van der Waals surface area contributed by atoms with Crippen LogP contribution in [0.15, 0.2) is 24.3 Å². The number of hydrogen-bond acceptors (Lipinski definition) is 3. The Kier molecular flexibility index (Phi) is 5.57. The normalized spacial score (nSPS) is 24.8. The summed E-state index contributed by atoms with van der Waals surface area (Å²) in [4.78, 5) is 16.8. The van der Waals surface area contributed by atoms with E-state index in [9.17, 15) is 9.90 Å². The number of unbranched alkanes of at least 4 members (excludes halogenated alkanes) is 1. The van der Waals surface area contributed by atoms with Crippen molar-refractivity contribution in [3.8, 4) is 0 Å². The molecule has 4 nitrogen and oxygen atoms in total. The van der Waals surface area contributed by atoms with E-state index in [0.717, 1.165) is 57.3 Å². The van der Waals surface area contributed by atoms with Gasteiger partial charge < -0.3 is 10.0 Å². The quantitative estimate of drug-likeness (QED) is 0.902. The molecule has 1 aromatic rings. The molecule has 1 saturated heterocycles. The van der Waals surface area contributed by atoms with Gasteiger partial charge in [-0.25, -0.2) is 0 Å². The molecule has 0 bridgehead atoms. The molecule has 3 rings (SSSR count). The van der Waals surface area contributed by atoms with Crippen LogP contribution in [0.3, 0.4) is 0 Å². The highest BCUT2D eigenvalue weighted by Crippen LogP contribution is 2.36. The minimum atomic E-state index is -0.388. The molecule has 2 atom stereocenters. The maximum absolute atomic E-state index is 12.5. The largest absolute Gasteiger partial charge is 0.387 e. The second-order valence-electron chi connectivity index (χ2n) is 7.34. The van der Waals surface area contributed by atoms with Gasteiger partial charge in [0.2, 0.25) is 5.91 Å². The fourth-order valence-electron chi connectivity index (χ4n) is 4.18. The minimum absolute atomic E-state index is 0.157. The van der Waals surface area contributed by atoms with Crippen LogP contribution in [0.1, 0.15) is 49.8 Å². The SMILES string of the molecule is CCCCN(C)C(=O)C1CCN([C@@H]2Cc3ccccc3[C@H]2O)CC1. The van der Waals surface area contributed by atoms with E-state index in [0.29, 0.717) is 5.91 Å². The van der Waals surface area contributed by atoms with Crippen LogP contribution in [0.5, 0.6) is 0 Å². The Hall–Kier alpha value is -1.39. The van der Waals surface area contributed by atoms with Gasteiger partial charge >= 0.3 is 0 Å². The minimum Gasteiger partial charge on any atom is -0.387 e. The van der Waals surface area contributed by atoms with E-state index in [1.165, 1.54) is 5.56 Å². The molecule has 1 aromatic carbocycles. The van der Waals surface area contributed by atoms with Crippen LogP contribution in [0, 0.1) is 5.92 Å². The monoisotopic (exact) mass is 330 g/mol. The van der Waals surface area contributed by atoms with Gasteiger partial charge in [-0.2, -0.15) is 0 Å². The number of hydrogen-bond donors (Lipinski definition) is 1. The fraction of sp³-hybridized carbons (Fsp3) is 0.650. The Morgan fingerprint density at radius 2 is 2.00 bits per heavy atom. The van der Waals surface area contributed by atoms with Crippen molar-refractivity contribution < 1.29 is 9.90 Å². The van der Waals surface area contributed by atoms with E-state index in [1.54, 1.807) is 0 Å². The van der Waals surface area contributed by atoms with Crippen molar-refractivity contribution in [2.24, 2.45) is 5.92 Å². The topological polar surface area (TPSA) is 43.8 Å². The molecule has 0 unspecified atom stereocenters. The van der Waals surface area contributed by atoms with E-state index in [2.05, 4.69) is 17.9 Å². The van der Waals surface area contributed by atoms with Gasteiger partial charge in [0.05, 0.1) is 6.10 Å². The van der Waals surface area contributed by atoms with Crippen LogP contribution < -0.4 is 0 Å². The van der Waals surface area contributed by atoms with Gasteiger partial charge in [-0.15, -0.1) is 0 Å². The Bertz CT molecular complexity index is 567. The Morgan fingerprint density at radius 1 is 1.29 bits per heavy atom. The number of fused-ring (bicyclic) bond motifs is 1. The van der Waals surface area contributed by atoms with Crippen LogP contribution in [0.4, 0.5) is 0 Å². The molecular formula is C20H30N2O2. The number of nitrogens with zero attached hydrogens (tertiary/aromatic N) is 2. The third-order valence-electron chi connectivity index (χ3n) is 5.74. The number of amides is 1. The zero-order valence-electron chi connectivity index (χ0n) is 14.9. The van der Waals surface area contributed by atoms with E-state index in [4.69, 9.17) is 0 Å². The molecule has 1 N–H and O–H groups in total. The molecule has 1 aliphatic carbocycles. The number of rotatable bonds is 5. The smallest absolute Gasteiger partial charge is 0.225 e. The van der Waals surface area contributed by atoms with Crippen molar-refractivity contribution in [2.45, 2.75) is 51.2 Å². The van der Waals surface area contributed by atoms with Gasteiger partial charge in [0.15, 0.2) is 0 Å². The summed E-state index contributed by atoms with van der Waals surface area (Å²) in [7, 11) is 1.93. The number of carbonyl (C=O) groups is 1. The van der Waals surface area contributed by atoms with Crippen molar-refractivity contribution in [1.82, 2.24) is 9.80 Å². The average molecular weight is 330 g/mol. The van der Waals surface area contributed by atoms with Gasteiger partial charge in [-0.3, -0.25) is 9.69 Å². The molecular weight excluding hydrogens is 300 g/mol. The van der Waals surface area contributed by atoms with Gasteiger partial charge in [0.1, 0.15) is 0 Å². The van der Waals surface area contributed by atoms with Crippen molar-refractivity contribution in [3.63, 3.8) is 0 Å². The molecule has 0 radical (unpaired) electrons. The Morgan fingerprint density at radius 3 is 2.67 bits per heavy atom. The predicted octanol–water partition coefficient (Wildman–Crippen LogP) is 2.62. The van der Waals surface area contributed by atoms with E-state index >= 15 is 0 Å². The first-order chi connectivity index (χ1) is 11.6. The zero-order valence-corrected chi connectivity index (χ0v) is 14.9. The number of aliphatic hydroxyl groups excluding tert-OH is 1. The summed E-state index contributed by atoms with van der Waals surface area (Å²) in [5.74, 6) is 0.461. The Balaban J connectivity index is 1.54. The zero-order chi connectivity index (χ0) is 17.1. The highest BCUT2D eigenvalue weighted by Gasteiger charge is 2.37. The lowest BCUT2D eigenvalue weighted by molar-refractivity contribution is -0.136. The first kappa shape index (κ1) is 17.4. The van der Waals surface area contributed by atoms with Crippen molar-refractivity contribution >= 4 is 5.91 Å². The summed E-state index contributed by atoms with van der Waals surface area (Å²) >= 11 is 0. The fourth-order valence-corrected chi connectivity index (χ4v) is 4.18. The first-order valence-corrected chi connectivity index (χ1v) is 9.36. The lowest BCUT2D eigenvalue weighted by Gasteiger charge is -2.37. The molecule has 1 aliphatic heterocycles. The number of benzene rings is 1. The van der Waals surface area contributed by atoms with Crippen LogP contribution in [-0.4, -0.2) is 53.5 Å². The summed E-state index contributed by atoms with van der Waals surface area (Å²) in [6, 6.07) is 8.39. The second-order valence-corrected chi connectivity index (χ2v) is 7.34. The van der Waals surface area contributed by atoms with Crippen LogP contribution in [-0.2, 0) is 11.2 Å². The lowest BCUT2D eigenvalue weighted by atomic mass is 9.93. The first-order valence-electron chi connectivity index (χ1n) is 9.36. The van der Waals surface area contributed by atoms with Gasteiger partial charge in [0.25, 0.3) is 0 Å². The maximum atomic E-state index is 12.5. The summed E-state index contributed by atoms with van der Waals surface area (Å²) < 4.78 is 0. The van der Waals surface area contributed by atoms with Crippen molar-refractivity contribution in [2.75, 3.05) is 26.7 Å². The van der Waals surface area contributed by atoms with E-state index in [1.807, 2.05) is 30.1 Å². The molecule has 1 fully saturated rings. The van der Waals surface area contributed by atoms with Crippen LogP contribution >= 0.6 is 0 Å². The lowest BCUT2D eigenvalue weighted by Crippen LogP contribution is -2.46. The summed E-state index contributed by atoms with van der Waals surface area (Å²) in [6.45, 7) is 4.84. The van der Waals surface area contributed by atoms with Gasteiger partial charge in [0, 0.05) is 25.6 Å². The molecule has 132 valence electrons. The van der Waals surface area contributed by atoms with Crippen molar-refractivity contribution in [1.29, 1.82) is 0 Å². The van der Waals surface area contributed by atoms with Crippen LogP contribution in [0.2, 0.25) is 0 Å². The number of piperidine rings is 1. The number of aliphatic hydroxyl groups is 1. The predicted molar refractivity (Wildman–Crippen MR) is 95.7 cm³/mol. The molecule has 4 heteroatoms. The van der Waals surface area contributed by atoms with Gasteiger partial charge in [-0.05, 0) is 49.9 Å². The maximum Gasteiger partial charge on any atom is 0.225 e. The number of likely N-dealkylation sites (tertiary alicyclic amines) is 1. The van der Waals surface area contributed by atoms with E-state index in [-0.39, 0.29) is 18.1 Å². The molecule has 0 spiro atoms. The molecule has 2 aliphatic rings. The molecule has 24 heavy (non-hydrogen) atoms. The average Bonchev–Trinajstić information content (AvgIpc) is 2.96. The molecule has 1 amide bonds. The molecule has 0 aromatic heterocycles. The van der Waals surface area contributed by atoms with Crippen LogP contribution in [0.25, 0.3) is 0 Å². The van der Waals surface area contributed by atoms with Gasteiger partial charge in [-0.1, -0.05) is 37.6 Å². The number of carbonyl (C=O) groups excluding carboxylic acids is 1. The summed E-state index contributed by atoms with van der Waals surface area (Å²) in [5, 5.41) is 10.6. The summed E-state index contributed by atoms with van der Waals surface area (Å²) in [5.41, 5.74) is 2.35. The summed E-state index contributed by atoms with van der Waals surface area (Å²) in [6.07, 6.45) is 4.56. The standard InChI is InChI=1S/C20H30N2O2/c1-3-4-11-21(2)20(24)15-9-12-22(13-10-15)18-14-16-7-5-6-8-17(16)19(18)23/h5-8,15,18-19,23H,3-4,9-14H2,1-2H3/t18-,19-/m1/s1. The molecule has 0 saturated carbocycles.